The normalized spacial score (nSPS) is 11.3. The molecule has 0 spiro atoms. The van der Waals surface area contributed by atoms with E-state index < -0.39 is 0 Å². The number of aromatic nitrogens is 3. The molecule has 0 aliphatic rings. The summed E-state index contributed by atoms with van der Waals surface area (Å²) in [6, 6.07) is 8.67. The Morgan fingerprint density at radius 2 is 2.05 bits per heavy atom. The number of hydrogen-bond acceptors (Lipinski definition) is 4. The molecule has 0 amide bonds. The van der Waals surface area contributed by atoms with Crippen molar-refractivity contribution < 1.29 is 0 Å². The molecule has 2 aromatic heterocycles. The molecule has 98 valence electrons. The fraction of sp³-hybridized carbons (Fsp3) is 0.286. The Bertz CT molecular complexity index is 681. The molecular formula is C14H16N4S. The molecule has 5 heteroatoms. The lowest BCUT2D eigenvalue weighted by Crippen LogP contribution is -1.99. The van der Waals surface area contributed by atoms with Gasteiger partial charge in [-0.05, 0) is 12.0 Å². The van der Waals surface area contributed by atoms with Crippen LogP contribution in [-0.2, 0) is 13.0 Å². The summed E-state index contributed by atoms with van der Waals surface area (Å²) >= 11 is 1.59. The van der Waals surface area contributed by atoms with Gasteiger partial charge in [0.2, 0.25) is 4.96 Å². The summed E-state index contributed by atoms with van der Waals surface area (Å²) in [5.74, 6) is 0.690. The maximum Gasteiger partial charge on any atom is 0.212 e. The minimum Gasteiger partial charge on any atom is -0.324 e. The van der Waals surface area contributed by atoms with Crippen LogP contribution < -0.4 is 5.73 Å². The molecular weight excluding hydrogens is 256 g/mol. The molecule has 0 bridgehead atoms. The van der Waals surface area contributed by atoms with Gasteiger partial charge >= 0.3 is 0 Å². The van der Waals surface area contributed by atoms with Gasteiger partial charge in [-0.2, -0.15) is 0 Å². The molecule has 3 rings (SSSR count). The van der Waals surface area contributed by atoms with E-state index in [4.69, 9.17) is 5.73 Å². The Morgan fingerprint density at radius 3 is 2.74 bits per heavy atom. The maximum atomic E-state index is 5.58. The second-order valence-corrected chi connectivity index (χ2v) is 5.33. The second kappa shape index (κ2) is 5.11. The monoisotopic (exact) mass is 272 g/mol. The molecule has 0 saturated carbocycles. The van der Waals surface area contributed by atoms with E-state index in [1.165, 1.54) is 17.5 Å². The van der Waals surface area contributed by atoms with Crippen LogP contribution in [0.15, 0.2) is 29.6 Å². The van der Waals surface area contributed by atoms with Crippen LogP contribution in [0.2, 0.25) is 0 Å². The molecule has 0 atom stereocenters. The Kier molecular flexibility index (Phi) is 3.31. The average molecular weight is 272 g/mol. The third kappa shape index (κ3) is 2.27. The Hall–Kier alpha value is -1.72. The number of nitrogens with two attached hydrogens (primary N) is 1. The number of thiazole rings is 1. The van der Waals surface area contributed by atoms with Crippen molar-refractivity contribution in [1.82, 2.24) is 14.6 Å². The summed E-state index contributed by atoms with van der Waals surface area (Å²) < 4.78 is 1.88. The van der Waals surface area contributed by atoms with Crippen LogP contribution in [0.1, 0.15) is 24.7 Å². The summed E-state index contributed by atoms with van der Waals surface area (Å²) in [6.45, 7) is 2.57. The van der Waals surface area contributed by atoms with Gasteiger partial charge in [-0.15, -0.1) is 16.4 Å². The van der Waals surface area contributed by atoms with E-state index in [0.29, 0.717) is 12.4 Å². The number of nitrogens with zero attached hydrogens (tertiary/aromatic N) is 3. The smallest absolute Gasteiger partial charge is 0.212 e. The van der Waals surface area contributed by atoms with Gasteiger partial charge in [0.05, 0.1) is 12.2 Å². The van der Waals surface area contributed by atoms with E-state index in [2.05, 4.69) is 46.7 Å². The highest BCUT2D eigenvalue weighted by atomic mass is 32.1. The van der Waals surface area contributed by atoms with E-state index >= 15 is 0 Å². The minimum atomic E-state index is 0.378. The van der Waals surface area contributed by atoms with E-state index in [9.17, 15) is 0 Å². The third-order valence-corrected chi connectivity index (χ3v) is 3.91. The van der Waals surface area contributed by atoms with Crippen molar-refractivity contribution in [2.45, 2.75) is 26.3 Å². The zero-order valence-corrected chi connectivity index (χ0v) is 11.7. The molecule has 0 fully saturated rings. The molecule has 0 aliphatic carbocycles. The van der Waals surface area contributed by atoms with Gasteiger partial charge < -0.3 is 5.73 Å². The first-order valence-corrected chi connectivity index (χ1v) is 7.32. The molecule has 0 aliphatic heterocycles. The second-order valence-electron chi connectivity index (χ2n) is 4.49. The van der Waals surface area contributed by atoms with Crippen molar-refractivity contribution in [3.63, 3.8) is 0 Å². The number of aryl methyl sites for hydroxylation is 1. The van der Waals surface area contributed by atoms with Gasteiger partial charge in [0, 0.05) is 10.9 Å². The maximum absolute atomic E-state index is 5.58. The third-order valence-electron chi connectivity index (χ3n) is 3.10. The average Bonchev–Trinajstić information content (AvgIpc) is 2.99. The SMILES string of the molecule is CCCc1ccc(-c2csc3nc(CN)nn23)cc1. The van der Waals surface area contributed by atoms with Crippen LogP contribution in [0.25, 0.3) is 16.2 Å². The zero-order valence-electron chi connectivity index (χ0n) is 10.8. The van der Waals surface area contributed by atoms with E-state index in [0.717, 1.165) is 17.1 Å². The molecule has 3 aromatic rings. The highest BCUT2D eigenvalue weighted by Crippen LogP contribution is 2.25. The fourth-order valence-corrected chi connectivity index (χ4v) is 2.99. The summed E-state index contributed by atoms with van der Waals surface area (Å²) in [6.07, 6.45) is 2.30. The first kappa shape index (κ1) is 12.3. The van der Waals surface area contributed by atoms with Crippen molar-refractivity contribution in [2.75, 3.05) is 0 Å². The number of hydrogen-bond donors (Lipinski definition) is 1. The van der Waals surface area contributed by atoms with Gasteiger partial charge in [0.15, 0.2) is 5.82 Å². The lowest BCUT2D eigenvalue weighted by Gasteiger charge is -2.02. The van der Waals surface area contributed by atoms with Crippen molar-refractivity contribution in [1.29, 1.82) is 0 Å². The van der Waals surface area contributed by atoms with E-state index in [-0.39, 0.29) is 0 Å². The van der Waals surface area contributed by atoms with E-state index in [1.54, 1.807) is 11.3 Å². The Morgan fingerprint density at radius 1 is 1.26 bits per heavy atom. The van der Waals surface area contributed by atoms with Gasteiger partial charge in [0.25, 0.3) is 0 Å². The fourth-order valence-electron chi connectivity index (χ4n) is 2.14. The zero-order chi connectivity index (χ0) is 13.2. The quantitative estimate of drug-likeness (QED) is 0.794. The minimum absolute atomic E-state index is 0.378. The van der Waals surface area contributed by atoms with Crippen molar-refractivity contribution in [3.8, 4) is 11.3 Å². The van der Waals surface area contributed by atoms with E-state index in [1.807, 2.05) is 4.52 Å². The first-order chi connectivity index (χ1) is 9.31. The Balaban J connectivity index is 2.00. The van der Waals surface area contributed by atoms with Gasteiger partial charge in [-0.1, -0.05) is 37.6 Å². The molecule has 2 heterocycles. The van der Waals surface area contributed by atoms with Crippen LogP contribution in [0.5, 0.6) is 0 Å². The summed E-state index contributed by atoms with van der Waals surface area (Å²) in [7, 11) is 0. The highest BCUT2D eigenvalue weighted by molar-refractivity contribution is 7.15. The molecule has 2 N–H and O–H groups in total. The largest absolute Gasteiger partial charge is 0.324 e. The van der Waals surface area contributed by atoms with Crippen molar-refractivity contribution in [2.24, 2.45) is 5.73 Å². The molecule has 4 nitrogen and oxygen atoms in total. The summed E-state index contributed by atoms with van der Waals surface area (Å²) in [5.41, 5.74) is 9.20. The van der Waals surface area contributed by atoms with Gasteiger partial charge in [-0.25, -0.2) is 9.50 Å². The number of rotatable bonds is 4. The number of benzene rings is 1. The lowest BCUT2D eigenvalue weighted by atomic mass is 10.1. The molecule has 0 saturated heterocycles. The summed E-state index contributed by atoms with van der Waals surface area (Å²) in [4.78, 5) is 5.27. The molecule has 19 heavy (non-hydrogen) atoms. The number of fused-ring (bicyclic) bond motifs is 1. The molecule has 0 unspecified atom stereocenters. The first-order valence-electron chi connectivity index (χ1n) is 6.44. The van der Waals surface area contributed by atoms with Crippen LogP contribution in [-0.4, -0.2) is 14.6 Å². The van der Waals surface area contributed by atoms with Crippen LogP contribution in [0.3, 0.4) is 0 Å². The molecule has 0 radical (unpaired) electrons. The van der Waals surface area contributed by atoms with Crippen LogP contribution in [0, 0.1) is 0 Å². The standard InChI is InChI=1S/C14H16N4S/c1-2-3-10-4-6-11(7-5-10)12-9-19-14-16-13(8-15)17-18(12)14/h4-7,9H,2-3,8,15H2,1H3. The summed E-state index contributed by atoms with van der Waals surface area (Å²) in [5, 5.41) is 6.51. The van der Waals surface area contributed by atoms with Gasteiger partial charge in [0.1, 0.15) is 0 Å². The molecule has 1 aromatic carbocycles. The lowest BCUT2D eigenvalue weighted by molar-refractivity contribution is 0.876. The van der Waals surface area contributed by atoms with Crippen molar-refractivity contribution in [3.05, 3.63) is 41.0 Å². The Labute approximate surface area is 115 Å². The predicted molar refractivity (Wildman–Crippen MR) is 78.2 cm³/mol. The van der Waals surface area contributed by atoms with Gasteiger partial charge in [-0.3, -0.25) is 0 Å². The highest BCUT2D eigenvalue weighted by Gasteiger charge is 2.10. The van der Waals surface area contributed by atoms with Crippen LogP contribution >= 0.6 is 11.3 Å². The topological polar surface area (TPSA) is 56.2 Å². The van der Waals surface area contributed by atoms with Crippen LogP contribution in [0.4, 0.5) is 0 Å². The van der Waals surface area contributed by atoms with Crippen molar-refractivity contribution >= 4 is 16.3 Å². The predicted octanol–water partition coefficient (Wildman–Crippen LogP) is 2.87.